The maximum absolute atomic E-state index is 12.7. The van der Waals surface area contributed by atoms with Crippen molar-refractivity contribution in [3.05, 3.63) is 29.8 Å². The molecule has 1 atom stereocenters. The third-order valence-electron chi connectivity index (χ3n) is 5.01. The molecule has 0 radical (unpaired) electrons. The van der Waals surface area contributed by atoms with Crippen molar-refractivity contribution in [2.45, 2.75) is 31.2 Å². The van der Waals surface area contributed by atoms with E-state index in [9.17, 15) is 13.2 Å². The molecule has 1 fully saturated rings. The Labute approximate surface area is 148 Å². The number of piperidine rings is 1. The van der Waals surface area contributed by atoms with Crippen LogP contribution in [0.15, 0.2) is 33.6 Å². The van der Waals surface area contributed by atoms with Crippen molar-refractivity contribution >= 4 is 21.8 Å². The molecule has 2 aliphatic heterocycles. The summed E-state index contributed by atoms with van der Waals surface area (Å²) < 4.78 is 28.2. The topological polar surface area (TPSA) is 96.1 Å². The molecule has 0 spiro atoms. The first kappa shape index (κ1) is 17.9. The van der Waals surface area contributed by atoms with Crippen LogP contribution in [0.1, 0.15) is 25.8 Å². The van der Waals surface area contributed by atoms with Crippen LogP contribution in [0, 0.1) is 5.41 Å². The monoisotopic (exact) mass is 364 g/mol. The third kappa shape index (κ3) is 3.28. The molecule has 2 N–H and O–H groups in total. The predicted molar refractivity (Wildman–Crippen MR) is 95.7 cm³/mol. The number of likely N-dealkylation sites (N-methyl/N-ethyl adjacent to an activating group) is 1. The minimum atomic E-state index is -3.68. The Kier molecular flexibility index (Phi) is 4.36. The molecular weight excluding hydrogens is 340 g/mol. The Morgan fingerprint density at radius 2 is 2.08 bits per heavy atom. The van der Waals surface area contributed by atoms with Gasteiger partial charge in [0.05, 0.1) is 6.54 Å². The summed E-state index contributed by atoms with van der Waals surface area (Å²) in [6.45, 7) is 5.42. The van der Waals surface area contributed by atoms with Gasteiger partial charge in [-0.15, -0.1) is 4.40 Å². The Balaban J connectivity index is 1.75. The maximum Gasteiger partial charge on any atom is 0.285 e. The second-order valence-corrected chi connectivity index (χ2v) is 9.01. The molecule has 1 unspecified atom stereocenters. The second kappa shape index (κ2) is 6.10. The number of nitrogens with two attached hydrogens (primary N) is 1. The number of amidine groups is 1. The molecule has 0 aromatic heterocycles. The van der Waals surface area contributed by atoms with Crippen LogP contribution >= 0.6 is 0 Å². The van der Waals surface area contributed by atoms with Gasteiger partial charge < -0.3 is 15.5 Å². The number of rotatable bonds is 2. The molecule has 8 heteroatoms. The van der Waals surface area contributed by atoms with E-state index in [1.807, 2.05) is 0 Å². The molecule has 1 aromatic rings. The van der Waals surface area contributed by atoms with Gasteiger partial charge in [0.2, 0.25) is 5.91 Å². The third-order valence-corrected chi connectivity index (χ3v) is 6.34. The van der Waals surface area contributed by atoms with E-state index in [0.29, 0.717) is 24.5 Å². The summed E-state index contributed by atoms with van der Waals surface area (Å²) in [6.07, 6.45) is 0.764. The van der Waals surface area contributed by atoms with E-state index in [2.05, 4.69) is 18.2 Å². The zero-order valence-electron chi connectivity index (χ0n) is 14.8. The minimum absolute atomic E-state index is 0.0491. The molecule has 2 aliphatic rings. The van der Waals surface area contributed by atoms with Crippen molar-refractivity contribution in [2.24, 2.45) is 15.5 Å². The SMILES string of the molecule is CN(CC(=O)N1CCC(N)C(C)(C)C1)C1=NS(=O)(=O)c2ccccc21. The highest BCUT2D eigenvalue weighted by Gasteiger charge is 2.36. The number of carbonyl (C=O) groups is 1. The predicted octanol–water partition coefficient (Wildman–Crippen LogP) is 0.653. The van der Waals surface area contributed by atoms with Crippen LogP contribution in [0.5, 0.6) is 0 Å². The fourth-order valence-electron chi connectivity index (χ4n) is 3.33. The maximum atomic E-state index is 12.7. The molecule has 0 aliphatic carbocycles. The highest BCUT2D eigenvalue weighted by molar-refractivity contribution is 7.90. The molecule has 1 amide bonds. The summed E-state index contributed by atoms with van der Waals surface area (Å²) in [5, 5.41) is 0. The largest absolute Gasteiger partial charge is 0.349 e. The van der Waals surface area contributed by atoms with E-state index in [0.717, 1.165) is 6.42 Å². The van der Waals surface area contributed by atoms with Crippen molar-refractivity contribution in [3.63, 3.8) is 0 Å². The molecule has 0 bridgehead atoms. The molecular formula is C17H24N4O3S. The van der Waals surface area contributed by atoms with E-state index in [4.69, 9.17) is 5.73 Å². The number of hydrogen-bond acceptors (Lipinski definition) is 5. The minimum Gasteiger partial charge on any atom is -0.349 e. The van der Waals surface area contributed by atoms with Gasteiger partial charge in [-0.2, -0.15) is 8.42 Å². The van der Waals surface area contributed by atoms with Gasteiger partial charge in [-0.25, -0.2) is 0 Å². The summed E-state index contributed by atoms with van der Waals surface area (Å²) in [6, 6.07) is 6.75. The van der Waals surface area contributed by atoms with Gasteiger partial charge in [0.25, 0.3) is 10.0 Å². The summed E-state index contributed by atoms with van der Waals surface area (Å²) >= 11 is 0. The summed E-state index contributed by atoms with van der Waals surface area (Å²) in [5.41, 5.74) is 6.53. The number of benzene rings is 1. The fraction of sp³-hybridized carbons (Fsp3) is 0.529. The van der Waals surface area contributed by atoms with E-state index in [1.54, 1.807) is 35.0 Å². The lowest BCUT2D eigenvalue weighted by Gasteiger charge is -2.43. The lowest BCUT2D eigenvalue weighted by Crippen LogP contribution is -2.55. The molecule has 7 nitrogen and oxygen atoms in total. The lowest BCUT2D eigenvalue weighted by molar-refractivity contribution is -0.134. The van der Waals surface area contributed by atoms with E-state index in [-0.39, 0.29) is 28.8 Å². The average Bonchev–Trinajstić information content (AvgIpc) is 2.82. The summed E-state index contributed by atoms with van der Waals surface area (Å²) in [4.78, 5) is 16.3. The van der Waals surface area contributed by atoms with Crippen LogP contribution < -0.4 is 5.73 Å². The number of hydrogen-bond donors (Lipinski definition) is 1. The quantitative estimate of drug-likeness (QED) is 0.831. The Morgan fingerprint density at radius 1 is 1.40 bits per heavy atom. The van der Waals surface area contributed by atoms with Gasteiger partial charge in [0.1, 0.15) is 4.90 Å². The smallest absolute Gasteiger partial charge is 0.285 e. The van der Waals surface area contributed by atoms with Gasteiger partial charge in [-0.1, -0.05) is 26.0 Å². The number of amides is 1. The first-order chi connectivity index (χ1) is 11.6. The van der Waals surface area contributed by atoms with Gasteiger partial charge in [0.15, 0.2) is 5.84 Å². The van der Waals surface area contributed by atoms with Gasteiger partial charge in [0, 0.05) is 31.7 Å². The van der Waals surface area contributed by atoms with Crippen molar-refractivity contribution < 1.29 is 13.2 Å². The molecule has 1 saturated heterocycles. The molecule has 3 rings (SSSR count). The Morgan fingerprint density at radius 3 is 2.76 bits per heavy atom. The molecule has 0 saturated carbocycles. The van der Waals surface area contributed by atoms with Crippen molar-refractivity contribution in [1.29, 1.82) is 0 Å². The number of fused-ring (bicyclic) bond motifs is 1. The van der Waals surface area contributed by atoms with Gasteiger partial charge in [-0.3, -0.25) is 4.79 Å². The van der Waals surface area contributed by atoms with Gasteiger partial charge >= 0.3 is 0 Å². The first-order valence-electron chi connectivity index (χ1n) is 8.31. The number of sulfonamides is 1. The number of nitrogens with zero attached hydrogens (tertiary/aromatic N) is 3. The van der Waals surface area contributed by atoms with Crippen molar-refractivity contribution in [2.75, 3.05) is 26.7 Å². The highest BCUT2D eigenvalue weighted by Crippen LogP contribution is 2.29. The molecule has 136 valence electrons. The Hall–Kier alpha value is -1.93. The van der Waals surface area contributed by atoms with E-state index >= 15 is 0 Å². The zero-order valence-corrected chi connectivity index (χ0v) is 15.6. The van der Waals surface area contributed by atoms with Crippen LogP contribution in [-0.4, -0.2) is 62.7 Å². The fourth-order valence-corrected chi connectivity index (χ4v) is 4.58. The standard InChI is InChI=1S/C17H24N4O3S/c1-17(2)11-21(9-8-14(17)18)15(22)10-20(3)16-12-6-4-5-7-13(12)25(23,24)19-16/h4-7,14H,8-11,18H2,1-3H3. The molecule has 1 aromatic carbocycles. The van der Waals surface area contributed by atoms with Gasteiger partial charge in [-0.05, 0) is 24.0 Å². The van der Waals surface area contributed by atoms with E-state index < -0.39 is 10.0 Å². The molecule has 2 heterocycles. The lowest BCUT2D eigenvalue weighted by atomic mass is 9.79. The highest BCUT2D eigenvalue weighted by atomic mass is 32.2. The average molecular weight is 364 g/mol. The van der Waals surface area contributed by atoms with Crippen LogP contribution in [0.2, 0.25) is 0 Å². The Bertz CT molecular complexity index is 832. The zero-order chi connectivity index (χ0) is 18.4. The summed E-state index contributed by atoms with van der Waals surface area (Å²) in [5.74, 6) is 0.267. The van der Waals surface area contributed by atoms with Crippen LogP contribution in [0.4, 0.5) is 0 Å². The van der Waals surface area contributed by atoms with Crippen LogP contribution in [0.3, 0.4) is 0 Å². The number of carbonyl (C=O) groups excluding carboxylic acids is 1. The van der Waals surface area contributed by atoms with Crippen LogP contribution in [-0.2, 0) is 14.8 Å². The van der Waals surface area contributed by atoms with Crippen LogP contribution in [0.25, 0.3) is 0 Å². The summed E-state index contributed by atoms with van der Waals surface area (Å²) in [7, 11) is -1.99. The van der Waals surface area contributed by atoms with E-state index in [1.165, 1.54) is 6.07 Å². The number of likely N-dealkylation sites (tertiary alicyclic amines) is 1. The van der Waals surface area contributed by atoms with Crippen molar-refractivity contribution in [1.82, 2.24) is 9.80 Å². The normalized spacial score (nSPS) is 23.8. The second-order valence-electron chi connectivity index (χ2n) is 7.44. The molecule has 25 heavy (non-hydrogen) atoms. The first-order valence-corrected chi connectivity index (χ1v) is 9.75. The van der Waals surface area contributed by atoms with Crippen molar-refractivity contribution in [3.8, 4) is 0 Å².